The van der Waals surface area contributed by atoms with E-state index >= 15 is 0 Å². The third-order valence-electron chi connectivity index (χ3n) is 5.96. The predicted octanol–water partition coefficient (Wildman–Crippen LogP) is 1.75. The highest BCUT2D eigenvalue weighted by atomic mass is 35.5. The largest absolute Gasteiger partial charge is 0.350 e. The van der Waals surface area contributed by atoms with Crippen molar-refractivity contribution in [2.24, 2.45) is 23.0 Å². The number of fused-ring (bicyclic) bond motifs is 1. The number of hydrogen-bond acceptors (Lipinski definition) is 6. The van der Waals surface area contributed by atoms with Crippen LogP contribution in [0.5, 0.6) is 0 Å². The number of piperidine rings is 1. The molecule has 4 rings (SSSR count). The molecule has 0 spiro atoms. The van der Waals surface area contributed by atoms with Crippen LogP contribution in [0, 0.1) is 17.3 Å². The van der Waals surface area contributed by atoms with E-state index in [9.17, 15) is 9.59 Å². The van der Waals surface area contributed by atoms with Crippen molar-refractivity contribution in [3.05, 3.63) is 28.8 Å². The predicted molar refractivity (Wildman–Crippen MR) is 116 cm³/mol. The number of likely N-dealkylation sites (tertiary alicyclic amines) is 1. The summed E-state index contributed by atoms with van der Waals surface area (Å²) in [4.78, 5) is 27.8. The molecule has 0 unspecified atom stereocenters. The van der Waals surface area contributed by atoms with Crippen molar-refractivity contribution in [1.29, 1.82) is 0 Å². The van der Waals surface area contributed by atoms with Crippen LogP contribution in [-0.2, 0) is 16.1 Å². The van der Waals surface area contributed by atoms with Crippen LogP contribution in [0.4, 0.5) is 0 Å². The highest BCUT2D eigenvalue weighted by Gasteiger charge is 2.57. The molecular formula is C21H28ClN7O2. The van der Waals surface area contributed by atoms with E-state index in [0.29, 0.717) is 29.7 Å². The van der Waals surface area contributed by atoms with Gasteiger partial charge in [0.05, 0.1) is 6.04 Å². The number of halogens is 1. The molecule has 0 radical (unpaired) electrons. The molecule has 2 aliphatic rings. The summed E-state index contributed by atoms with van der Waals surface area (Å²) in [6.45, 7) is 7.01. The quantitative estimate of drug-likeness (QED) is 0.621. The standard InChI is InChI=1S/C21H28ClN7O2/c1-21(2,3)8-16(23)20(31)29-10-12-7-15(12)17(29)19(30)24-9-11-6-13(22)4-5-14(11)18-25-27-28-26-18/h4-6,12,15-17H,7-10,23H2,1-3H3,(H,24,30)(H,25,26,27,28)/t12-,15-,16+,17-/m0/s1. The van der Waals surface area contributed by atoms with Crippen LogP contribution in [0.3, 0.4) is 0 Å². The van der Waals surface area contributed by atoms with E-state index < -0.39 is 12.1 Å². The van der Waals surface area contributed by atoms with Crippen LogP contribution in [-0.4, -0.2) is 56.0 Å². The molecule has 1 aliphatic heterocycles. The summed E-state index contributed by atoms with van der Waals surface area (Å²) < 4.78 is 0. The molecule has 1 aromatic carbocycles. The van der Waals surface area contributed by atoms with Gasteiger partial charge in [0, 0.05) is 23.7 Å². The van der Waals surface area contributed by atoms with Gasteiger partial charge in [0.1, 0.15) is 6.04 Å². The lowest BCUT2D eigenvalue weighted by Crippen LogP contribution is -2.53. The van der Waals surface area contributed by atoms with Gasteiger partial charge in [-0.1, -0.05) is 32.4 Å². The highest BCUT2D eigenvalue weighted by molar-refractivity contribution is 6.30. The number of aromatic nitrogens is 4. The average molecular weight is 446 g/mol. The fourth-order valence-corrected chi connectivity index (χ4v) is 4.67. The molecule has 4 atom stereocenters. The number of nitrogens with one attached hydrogen (secondary N) is 2. The zero-order valence-corrected chi connectivity index (χ0v) is 18.7. The Bertz CT molecular complexity index is 973. The number of hydrogen-bond donors (Lipinski definition) is 3. The number of benzene rings is 1. The molecule has 1 aromatic heterocycles. The Labute approximate surface area is 186 Å². The summed E-state index contributed by atoms with van der Waals surface area (Å²) in [5, 5.41) is 17.6. The number of aromatic amines is 1. The van der Waals surface area contributed by atoms with Gasteiger partial charge in [-0.05, 0) is 59.1 Å². The maximum atomic E-state index is 13.1. The minimum absolute atomic E-state index is 0.0619. The molecule has 2 amide bonds. The molecule has 2 heterocycles. The number of nitrogens with two attached hydrogens (primary N) is 1. The number of H-pyrrole nitrogens is 1. The first-order valence-corrected chi connectivity index (χ1v) is 10.9. The zero-order chi connectivity index (χ0) is 22.3. The Morgan fingerprint density at radius 2 is 2.16 bits per heavy atom. The molecular weight excluding hydrogens is 418 g/mol. The molecule has 1 saturated heterocycles. The van der Waals surface area contributed by atoms with E-state index in [1.54, 1.807) is 23.1 Å². The second-order valence-corrected chi connectivity index (χ2v) is 10.2. The lowest BCUT2D eigenvalue weighted by atomic mass is 9.88. The number of nitrogens with zero attached hydrogens (tertiary/aromatic N) is 4. The first-order valence-electron chi connectivity index (χ1n) is 10.5. The first kappa shape index (κ1) is 21.7. The van der Waals surface area contributed by atoms with Crippen LogP contribution in [0.25, 0.3) is 11.4 Å². The lowest BCUT2D eigenvalue weighted by Gasteiger charge is -2.31. The summed E-state index contributed by atoms with van der Waals surface area (Å²) >= 11 is 6.16. The smallest absolute Gasteiger partial charge is 0.243 e. The molecule has 166 valence electrons. The summed E-state index contributed by atoms with van der Waals surface area (Å²) in [6, 6.07) is 4.22. The summed E-state index contributed by atoms with van der Waals surface area (Å²) in [6.07, 6.45) is 1.55. The van der Waals surface area contributed by atoms with Crippen molar-refractivity contribution >= 4 is 23.4 Å². The molecule has 2 aromatic rings. The van der Waals surface area contributed by atoms with Gasteiger partial charge in [0.2, 0.25) is 17.6 Å². The molecule has 9 nitrogen and oxygen atoms in total. The number of rotatable bonds is 6. The fourth-order valence-electron chi connectivity index (χ4n) is 4.48. The van der Waals surface area contributed by atoms with E-state index in [0.717, 1.165) is 17.5 Å². The normalized spacial score (nSPS) is 23.4. The maximum Gasteiger partial charge on any atom is 0.243 e. The number of carbonyl (C=O) groups is 2. The average Bonchev–Trinajstić information content (AvgIpc) is 3.10. The molecule has 2 fully saturated rings. The summed E-state index contributed by atoms with van der Waals surface area (Å²) in [5.74, 6) is 0.719. The van der Waals surface area contributed by atoms with Crippen molar-refractivity contribution in [3.63, 3.8) is 0 Å². The van der Waals surface area contributed by atoms with Gasteiger partial charge >= 0.3 is 0 Å². The van der Waals surface area contributed by atoms with Gasteiger partial charge in [-0.15, -0.1) is 10.2 Å². The Morgan fingerprint density at radius 1 is 1.39 bits per heavy atom. The Balaban J connectivity index is 1.46. The zero-order valence-electron chi connectivity index (χ0n) is 17.9. The van der Waals surface area contributed by atoms with Crippen LogP contribution in [0.2, 0.25) is 5.02 Å². The summed E-state index contributed by atoms with van der Waals surface area (Å²) in [5.41, 5.74) is 7.64. The Kier molecular flexibility index (Phi) is 5.74. The Morgan fingerprint density at radius 3 is 2.84 bits per heavy atom. The van der Waals surface area contributed by atoms with Crippen LogP contribution >= 0.6 is 11.6 Å². The van der Waals surface area contributed by atoms with Crippen LogP contribution in [0.1, 0.15) is 39.2 Å². The van der Waals surface area contributed by atoms with Gasteiger partial charge in [0.15, 0.2) is 0 Å². The second kappa shape index (κ2) is 8.20. The topological polar surface area (TPSA) is 130 Å². The van der Waals surface area contributed by atoms with Crippen molar-refractivity contribution < 1.29 is 9.59 Å². The summed E-state index contributed by atoms with van der Waals surface area (Å²) in [7, 11) is 0. The SMILES string of the molecule is CC(C)(C)C[C@@H](N)C(=O)N1C[C@@H]2C[C@@H]2[C@H]1C(=O)NCc1cc(Cl)ccc1-c1nn[nH]n1. The van der Waals surface area contributed by atoms with Gasteiger partial charge in [0.25, 0.3) is 0 Å². The fraction of sp³-hybridized carbons (Fsp3) is 0.571. The molecule has 31 heavy (non-hydrogen) atoms. The second-order valence-electron chi connectivity index (χ2n) is 9.72. The molecule has 4 N–H and O–H groups in total. The lowest BCUT2D eigenvalue weighted by molar-refractivity contribution is -0.141. The highest BCUT2D eigenvalue weighted by Crippen LogP contribution is 2.49. The first-order chi connectivity index (χ1) is 14.6. The van der Waals surface area contributed by atoms with Crippen molar-refractivity contribution in [1.82, 2.24) is 30.8 Å². The minimum atomic E-state index is -0.606. The Hall–Kier alpha value is -2.52. The number of amides is 2. The van der Waals surface area contributed by atoms with E-state index in [1.807, 2.05) is 0 Å². The van der Waals surface area contributed by atoms with Gasteiger partial charge < -0.3 is 16.0 Å². The van der Waals surface area contributed by atoms with Gasteiger partial charge in [-0.25, -0.2) is 0 Å². The molecule has 1 aliphatic carbocycles. The van der Waals surface area contributed by atoms with Crippen LogP contribution in [0.15, 0.2) is 18.2 Å². The number of carbonyl (C=O) groups excluding carboxylic acids is 2. The third-order valence-corrected chi connectivity index (χ3v) is 6.19. The van der Waals surface area contributed by atoms with Gasteiger partial charge in [-0.2, -0.15) is 5.21 Å². The van der Waals surface area contributed by atoms with Crippen LogP contribution < -0.4 is 11.1 Å². The monoisotopic (exact) mass is 445 g/mol. The molecule has 1 saturated carbocycles. The third kappa shape index (κ3) is 4.72. The van der Waals surface area contributed by atoms with Crippen molar-refractivity contribution in [2.45, 2.75) is 52.2 Å². The van der Waals surface area contributed by atoms with E-state index in [1.165, 1.54) is 0 Å². The van der Waals surface area contributed by atoms with E-state index in [2.05, 4.69) is 46.7 Å². The van der Waals surface area contributed by atoms with E-state index in [-0.39, 0.29) is 29.7 Å². The molecule has 10 heteroatoms. The minimum Gasteiger partial charge on any atom is -0.350 e. The van der Waals surface area contributed by atoms with Crippen molar-refractivity contribution in [3.8, 4) is 11.4 Å². The molecule has 0 bridgehead atoms. The maximum absolute atomic E-state index is 13.1. The van der Waals surface area contributed by atoms with E-state index in [4.69, 9.17) is 17.3 Å². The van der Waals surface area contributed by atoms with Gasteiger partial charge in [-0.3, -0.25) is 9.59 Å². The number of tetrazole rings is 1. The van der Waals surface area contributed by atoms with Crippen molar-refractivity contribution in [2.75, 3.05) is 6.54 Å².